The molecule has 1 aromatic heterocycles. The summed E-state index contributed by atoms with van der Waals surface area (Å²) in [4.78, 5) is 21.4. The zero-order valence-corrected chi connectivity index (χ0v) is 14.5. The molecule has 1 atom stereocenters. The highest BCUT2D eigenvalue weighted by Gasteiger charge is 2.31. The SMILES string of the molecule is CCS(=O)(=O)N1CCN(C(OC)c2cnc(N)c(C(N)=O)n2)CC1. The smallest absolute Gasteiger partial charge is 0.271 e. The fourth-order valence-electron chi connectivity index (χ4n) is 2.57. The van der Waals surface area contributed by atoms with E-state index >= 15 is 0 Å². The summed E-state index contributed by atoms with van der Waals surface area (Å²) in [6, 6.07) is 0. The first-order chi connectivity index (χ1) is 11.3. The number of rotatable bonds is 6. The molecule has 24 heavy (non-hydrogen) atoms. The van der Waals surface area contributed by atoms with Crippen molar-refractivity contribution in [1.82, 2.24) is 19.2 Å². The Hall–Kier alpha value is -1.82. The standard InChI is InChI=1S/C13H22N6O4S/c1-3-24(21,22)19-6-4-18(5-7-19)13(23-2)9-8-16-11(14)10(17-9)12(15)20/h8,13H,3-7H2,1-2H3,(H2,14,16)(H2,15,20). The minimum absolute atomic E-state index is 0.0417. The average Bonchev–Trinajstić information content (AvgIpc) is 2.57. The molecule has 1 fully saturated rings. The van der Waals surface area contributed by atoms with Crippen molar-refractivity contribution in [3.63, 3.8) is 0 Å². The van der Waals surface area contributed by atoms with E-state index in [1.54, 1.807) is 6.92 Å². The normalized spacial score (nSPS) is 18.4. The van der Waals surface area contributed by atoms with Crippen LogP contribution in [0.2, 0.25) is 0 Å². The molecule has 4 N–H and O–H groups in total. The lowest BCUT2D eigenvalue weighted by Gasteiger charge is -2.37. The summed E-state index contributed by atoms with van der Waals surface area (Å²) in [7, 11) is -1.70. The molecule has 1 aromatic rings. The van der Waals surface area contributed by atoms with Gasteiger partial charge in [0.25, 0.3) is 5.91 Å². The molecule has 1 saturated heterocycles. The number of hydrogen-bond donors (Lipinski definition) is 2. The predicted octanol–water partition coefficient (Wildman–Crippen LogP) is -1.23. The number of piperazine rings is 1. The predicted molar refractivity (Wildman–Crippen MR) is 87.3 cm³/mol. The quantitative estimate of drug-likeness (QED) is 0.643. The third kappa shape index (κ3) is 3.80. The van der Waals surface area contributed by atoms with Crippen LogP contribution in [0.3, 0.4) is 0 Å². The van der Waals surface area contributed by atoms with E-state index in [1.807, 2.05) is 4.90 Å². The van der Waals surface area contributed by atoms with Gasteiger partial charge in [-0.1, -0.05) is 0 Å². The second kappa shape index (κ2) is 7.38. The van der Waals surface area contributed by atoms with Crippen molar-refractivity contribution < 1.29 is 17.9 Å². The van der Waals surface area contributed by atoms with E-state index in [1.165, 1.54) is 17.6 Å². The molecule has 0 saturated carbocycles. The Morgan fingerprint density at radius 3 is 2.50 bits per heavy atom. The zero-order valence-electron chi connectivity index (χ0n) is 13.7. The van der Waals surface area contributed by atoms with Gasteiger partial charge in [-0.25, -0.2) is 18.4 Å². The van der Waals surface area contributed by atoms with Gasteiger partial charge in [0, 0.05) is 33.3 Å². The number of methoxy groups -OCH3 is 1. The van der Waals surface area contributed by atoms with Crippen LogP contribution in [0.4, 0.5) is 5.82 Å². The molecule has 1 aliphatic heterocycles. The minimum atomic E-state index is -3.21. The van der Waals surface area contributed by atoms with Gasteiger partial charge in [0.15, 0.2) is 17.7 Å². The molecule has 1 unspecified atom stereocenters. The van der Waals surface area contributed by atoms with E-state index in [2.05, 4.69) is 9.97 Å². The third-order valence-electron chi connectivity index (χ3n) is 3.89. The summed E-state index contributed by atoms with van der Waals surface area (Å²) in [5.74, 6) is -0.734. The van der Waals surface area contributed by atoms with E-state index < -0.39 is 22.2 Å². The maximum atomic E-state index is 11.9. The number of aromatic nitrogens is 2. The lowest BCUT2D eigenvalue weighted by Crippen LogP contribution is -2.50. The first-order valence-electron chi connectivity index (χ1n) is 7.47. The highest BCUT2D eigenvalue weighted by molar-refractivity contribution is 7.89. The fourth-order valence-corrected chi connectivity index (χ4v) is 3.65. The molecule has 0 radical (unpaired) electrons. The van der Waals surface area contributed by atoms with Crippen molar-refractivity contribution in [2.24, 2.45) is 5.73 Å². The number of primary amides is 1. The summed E-state index contributed by atoms with van der Waals surface area (Å²) in [5.41, 5.74) is 11.1. The lowest BCUT2D eigenvalue weighted by molar-refractivity contribution is -0.0509. The van der Waals surface area contributed by atoms with Crippen LogP contribution in [0.5, 0.6) is 0 Å². The van der Waals surface area contributed by atoms with Gasteiger partial charge in [-0.15, -0.1) is 0 Å². The Morgan fingerprint density at radius 1 is 1.38 bits per heavy atom. The number of nitrogen functional groups attached to an aromatic ring is 1. The number of nitrogens with two attached hydrogens (primary N) is 2. The Bertz CT molecular complexity index is 702. The van der Waals surface area contributed by atoms with E-state index in [9.17, 15) is 13.2 Å². The summed E-state index contributed by atoms with van der Waals surface area (Å²) in [6.07, 6.45) is 0.855. The number of anilines is 1. The van der Waals surface area contributed by atoms with Crippen molar-refractivity contribution in [1.29, 1.82) is 0 Å². The molecule has 1 amide bonds. The van der Waals surface area contributed by atoms with Gasteiger partial charge in [0.1, 0.15) is 5.69 Å². The lowest BCUT2D eigenvalue weighted by atomic mass is 10.2. The van der Waals surface area contributed by atoms with E-state index in [4.69, 9.17) is 16.2 Å². The molecule has 0 aromatic carbocycles. The molecule has 0 spiro atoms. The highest BCUT2D eigenvalue weighted by Crippen LogP contribution is 2.23. The topological polar surface area (TPSA) is 145 Å². The number of carbonyl (C=O) groups is 1. The van der Waals surface area contributed by atoms with Crippen LogP contribution in [0.15, 0.2) is 6.20 Å². The largest absolute Gasteiger partial charge is 0.382 e. The van der Waals surface area contributed by atoms with Crippen LogP contribution in [0, 0.1) is 0 Å². The number of amides is 1. The van der Waals surface area contributed by atoms with Crippen LogP contribution in [0.25, 0.3) is 0 Å². The molecule has 2 heterocycles. The maximum Gasteiger partial charge on any atom is 0.271 e. The molecule has 11 heteroatoms. The van der Waals surface area contributed by atoms with Gasteiger partial charge in [-0.3, -0.25) is 9.69 Å². The van der Waals surface area contributed by atoms with Crippen LogP contribution in [0.1, 0.15) is 29.3 Å². The average molecular weight is 358 g/mol. The van der Waals surface area contributed by atoms with Crippen LogP contribution >= 0.6 is 0 Å². The number of nitrogens with zero attached hydrogens (tertiary/aromatic N) is 4. The number of ether oxygens (including phenoxy) is 1. The van der Waals surface area contributed by atoms with Crippen LogP contribution in [-0.4, -0.2) is 72.5 Å². The zero-order chi connectivity index (χ0) is 17.9. The molecule has 1 aliphatic rings. The molecular weight excluding hydrogens is 336 g/mol. The molecule has 134 valence electrons. The third-order valence-corrected chi connectivity index (χ3v) is 5.77. The van der Waals surface area contributed by atoms with Gasteiger partial charge in [-0.05, 0) is 6.92 Å². The Balaban J connectivity index is 2.16. The molecule has 0 bridgehead atoms. The molecular formula is C13H22N6O4S. The number of sulfonamides is 1. The van der Waals surface area contributed by atoms with Crippen molar-refractivity contribution >= 4 is 21.7 Å². The van der Waals surface area contributed by atoms with Gasteiger partial charge in [0.2, 0.25) is 10.0 Å². The minimum Gasteiger partial charge on any atom is -0.382 e. The fraction of sp³-hybridized carbons (Fsp3) is 0.615. The van der Waals surface area contributed by atoms with Crippen molar-refractivity contribution in [3.05, 3.63) is 17.6 Å². The number of carbonyl (C=O) groups excluding carboxylic acids is 1. The maximum absolute atomic E-state index is 11.9. The van der Waals surface area contributed by atoms with Gasteiger partial charge >= 0.3 is 0 Å². The molecule has 10 nitrogen and oxygen atoms in total. The molecule has 0 aliphatic carbocycles. The second-order valence-electron chi connectivity index (χ2n) is 5.32. The van der Waals surface area contributed by atoms with Crippen molar-refractivity contribution in [2.75, 3.05) is 44.8 Å². The van der Waals surface area contributed by atoms with E-state index in [-0.39, 0.29) is 17.3 Å². The summed E-state index contributed by atoms with van der Waals surface area (Å²) in [6.45, 7) is 3.28. The summed E-state index contributed by atoms with van der Waals surface area (Å²) in [5, 5.41) is 0. The van der Waals surface area contributed by atoms with E-state index in [0.29, 0.717) is 31.9 Å². The first kappa shape index (κ1) is 18.5. The van der Waals surface area contributed by atoms with Crippen molar-refractivity contribution in [3.8, 4) is 0 Å². The summed E-state index contributed by atoms with van der Waals surface area (Å²) < 4.78 is 30.8. The van der Waals surface area contributed by atoms with Crippen LogP contribution < -0.4 is 11.5 Å². The monoisotopic (exact) mass is 358 g/mol. The summed E-state index contributed by atoms with van der Waals surface area (Å²) >= 11 is 0. The Kier molecular flexibility index (Phi) is 5.70. The van der Waals surface area contributed by atoms with Crippen LogP contribution in [-0.2, 0) is 14.8 Å². The second-order valence-corrected chi connectivity index (χ2v) is 7.57. The number of hydrogen-bond acceptors (Lipinski definition) is 8. The van der Waals surface area contributed by atoms with Gasteiger partial charge in [0.05, 0.1) is 11.9 Å². The Morgan fingerprint density at radius 2 is 2.00 bits per heavy atom. The van der Waals surface area contributed by atoms with Gasteiger partial charge < -0.3 is 16.2 Å². The first-order valence-corrected chi connectivity index (χ1v) is 9.08. The van der Waals surface area contributed by atoms with E-state index in [0.717, 1.165) is 0 Å². The highest BCUT2D eigenvalue weighted by atomic mass is 32.2. The Labute approximate surface area is 140 Å². The molecule has 2 rings (SSSR count). The van der Waals surface area contributed by atoms with Crippen molar-refractivity contribution in [2.45, 2.75) is 13.2 Å². The van der Waals surface area contributed by atoms with Gasteiger partial charge in [-0.2, -0.15) is 4.31 Å².